The molecular formula is C86H68N4. The van der Waals surface area contributed by atoms with Crippen molar-refractivity contribution in [1.29, 1.82) is 0 Å². The Bertz CT molecular complexity index is 4470. The van der Waals surface area contributed by atoms with Crippen LogP contribution in [0.15, 0.2) is 376 Å². The van der Waals surface area contributed by atoms with Gasteiger partial charge in [-0.15, -0.1) is 0 Å². The number of para-hydroxylation sites is 4. The molecule has 0 heterocycles. The van der Waals surface area contributed by atoms with Gasteiger partial charge in [0.1, 0.15) is 0 Å². The van der Waals surface area contributed by atoms with E-state index in [1.165, 1.54) is 55.6 Å². The molecule has 14 aromatic carbocycles. The molecule has 432 valence electrons. The maximum Gasteiger partial charge on any atom is 0.0467 e. The summed E-state index contributed by atoms with van der Waals surface area (Å²) >= 11 is 0. The molecule has 0 aliphatic carbocycles. The van der Waals surface area contributed by atoms with E-state index in [2.05, 4.69) is 410 Å². The molecule has 0 atom stereocenters. The largest absolute Gasteiger partial charge is 0.311 e. The average molecular weight is 1160 g/mol. The molecule has 0 saturated carbocycles. The SMILES string of the molecule is Cc1ccc(N(c2ccc(-c3ccccc3)cc2)c2ccc(-c3ccc(N(c4ccccc4)c4cccc(-c5ccccc5)c4)cc3)cc2)cc1.Cc1ccc(N(c2ccccc2)c2ccc(-c3ccc(N(c4ccccc4)c4ccccc4)cc3)cc2)cc1. The van der Waals surface area contributed by atoms with E-state index in [0.717, 1.165) is 68.2 Å². The summed E-state index contributed by atoms with van der Waals surface area (Å²) in [5.41, 5.74) is 25.5. The number of nitrogens with zero attached hydrogens (tertiary/aromatic N) is 4. The molecule has 0 fully saturated rings. The summed E-state index contributed by atoms with van der Waals surface area (Å²) in [6.07, 6.45) is 0. The maximum absolute atomic E-state index is 2.32. The lowest BCUT2D eigenvalue weighted by Crippen LogP contribution is -2.10. The monoisotopic (exact) mass is 1160 g/mol. The maximum atomic E-state index is 2.32. The molecule has 0 N–H and O–H groups in total. The second-order valence-corrected chi connectivity index (χ2v) is 22.4. The number of aryl methyl sites for hydroxylation is 2. The van der Waals surface area contributed by atoms with Crippen LogP contribution in [0.2, 0.25) is 0 Å². The van der Waals surface area contributed by atoms with Crippen LogP contribution in [0.1, 0.15) is 11.1 Å². The molecule has 14 rings (SSSR count). The molecule has 4 nitrogen and oxygen atoms in total. The van der Waals surface area contributed by atoms with Crippen LogP contribution in [0.5, 0.6) is 0 Å². The summed E-state index contributed by atoms with van der Waals surface area (Å²) < 4.78 is 0. The minimum absolute atomic E-state index is 1.11. The summed E-state index contributed by atoms with van der Waals surface area (Å²) in [5, 5.41) is 0. The summed E-state index contributed by atoms with van der Waals surface area (Å²) in [5.74, 6) is 0. The van der Waals surface area contributed by atoms with Gasteiger partial charge in [0, 0.05) is 68.2 Å². The van der Waals surface area contributed by atoms with Gasteiger partial charge < -0.3 is 19.6 Å². The van der Waals surface area contributed by atoms with Gasteiger partial charge >= 0.3 is 0 Å². The first-order valence-corrected chi connectivity index (χ1v) is 30.7. The van der Waals surface area contributed by atoms with Crippen LogP contribution in [0, 0.1) is 13.8 Å². The van der Waals surface area contributed by atoms with E-state index in [9.17, 15) is 0 Å². The molecule has 0 spiro atoms. The predicted molar refractivity (Wildman–Crippen MR) is 383 cm³/mol. The summed E-state index contributed by atoms with van der Waals surface area (Å²) in [6, 6.07) is 134. The van der Waals surface area contributed by atoms with E-state index in [-0.39, 0.29) is 0 Å². The van der Waals surface area contributed by atoms with Crippen molar-refractivity contribution in [1.82, 2.24) is 0 Å². The lowest BCUT2D eigenvalue weighted by atomic mass is 10.0. The van der Waals surface area contributed by atoms with Gasteiger partial charge in [0.25, 0.3) is 0 Å². The third-order valence-corrected chi connectivity index (χ3v) is 16.3. The van der Waals surface area contributed by atoms with E-state index >= 15 is 0 Å². The Morgan fingerprint density at radius 3 is 0.556 bits per heavy atom. The molecule has 0 saturated heterocycles. The van der Waals surface area contributed by atoms with E-state index in [1.807, 2.05) is 0 Å². The average Bonchev–Trinajstić information content (AvgIpc) is 3.78. The van der Waals surface area contributed by atoms with Crippen molar-refractivity contribution in [3.8, 4) is 44.5 Å². The lowest BCUT2D eigenvalue weighted by Gasteiger charge is -2.26. The highest BCUT2D eigenvalue weighted by Gasteiger charge is 2.18. The summed E-state index contributed by atoms with van der Waals surface area (Å²) in [7, 11) is 0. The second kappa shape index (κ2) is 27.3. The lowest BCUT2D eigenvalue weighted by molar-refractivity contribution is 1.27. The molecule has 0 aromatic heterocycles. The number of hydrogen-bond donors (Lipinski definition) is 0. The quantitative estimate of drug-likeness (QED) is 0.0956. The molecular weight excluding hydrogens is 1090 g/mol. The normalized spacial score (nSPS) is 10.8. The van der Waals surface area contributed by atoms with Gasteiger partial charge in [-0.2, -0.15) is 0 Å². The van der Waals surface area contributed by atoms with Crippen LogP contribution in [0.3, 0.4) is 0 Å². The second-order valence-electron chi connectivity index (χ2n) is 22.4. The molecule has 90 heavy (non-hydrogen) atoms. The molecule has 0 amide bonds. The van der Waals surface area contributed by atoms with Crippen molar-refractivity contribution >= 4 is 68.2 Å². The molecule has 0 unspecified atom stereocenters. The van der Waals surface area contributed by atoms with E-state index in [1.54, 1.807) is 0 Å². The van der Waals surface area contributed by atoms with Crippen LogP contribution in [-0.4, -0.2) is 0 Å². The highest BCUT2D eigenvalue weighted by molar-refractivity contribution is 5.85. The zero-order chi connectivity index (χ0) is 60.9. The van der Waals surface area contributed by atoms with Crippen molar-refractivity contribution in [3.63, 3.8) is 0 Å². The van der Waals surface area contributed by atoms with Crippen molar-refractivity contribution in [2.24, 2.45) is 0 Å². The van der Waals surface area contributed by atoms with Crippen LogP contribution in [0.25, 0.3) is 44.5 Å². The first kappa shape index (κ1) is 57.4. The minimum Gasteiger partial charge on any atom is -0.311 e. The van der Waals surface area contributed by atoms with Gasteiger partial charge in [-0.05, 0) is 204 Å². The Balaban J connectivity index is 0.000000171. The number of hydrogen-bond acceptors (Lipinski definition) is 4. The van der Waals surface area contributed by atoms with E-state index in [4.69, 9.17) is 0 Å². The summed E-state index contributed by atoms with van der Waals surface area (Å²) in [6.45, 7) is 4.25. The fourth-order valence-corrected chi connectivity index (χ4v) is 11.6. The molecule has 0 radical (unpaired) electrons. The number of rotatable bonds is 16. The van der Waals surface area contributed by atoms with Gasteiger partial charge in [-0.25, -0.2) is 0 Å². The third kappa shape index (κ3) is 13.3. The van der Waals surface area contributed by atoms with Crippen LogP contribution >= 0.6 is 0 Å². The standard InChI is InChI=1S/C49H38N2.C37H30N2/c1-37-20-28-45(29-21-37)50(46-30-22-40(23-31-46)38-12-5-2-6-13-38)47-32-24-41(25-33-47)42-26-34-48(35-27-42)51(44-17-9-4-10-18-44)49-19-11-16-43(36-49)39-14-7-3-8-15-39;1-29-17-23-35(24-18-29)39(34-15-9-4-10-16-34)37-27-21-31(22-28-37)30-19-25-36(26-20-30)38(32-11-5-2-6-12-32)33-13-7-3-8-14-33/h2-36H,1H3;2-28H,1H3. The summed E-state index contributed by atoms with van der Waals surface area (Å²) in [4.78, 5) is 9.22. The molecule has 0 aliphatic rings. The highest BCUT2D eigenvalue weighted by Crippen LogP contribution is 2.42. The first-order valence-electron chi connectivity index (χ1n) is 30.7. The zero-order valence-corrected chi connectivity index (χ0v) is 50.6. The highest BCUT2D eigenvalue weighted by atomic mass is 15.2. The Kier molecular flexibility index (Phi) is 17.4. The Hall–Kier alpha value is -11.7. The van der Waals surface area contributed by atoms with Crippen LogP contribution < -0.4 is 19.6 Å². The Morgan fingerprint density at radius 1 is 0.133 bits per heavy atom. The number of benzene rings is 14. The van der Waals surface area contributed by atoms with E-state index < -0.39 is 0 Å². The smallest absolute Gasteiger partial charge is 0.0467 e. The fourth-order valence-electron chi connectivity index (χ4n) is 11.6. The van der Waals surface area contributed by atoms with Gasteiger partial charge in [-0.3, -0.25) is 0 Å². The van der Waals surface area contributed by atoms with Crippen LogP contribution in [0.4, 0.5) is 68.2 Å². The molecule has 14 aromatic rings. The van der Waals surface area contributed by atoms with E-state index in [0.29, 0.717) is 0 Å². The minimum atomic E-state index is 1.11. The molecule has 0 bridgehead atoms. The Labute approximate surface area is 530 Å². The molecule has 4 heteroatoms. The third-order valence-electron chi connectivity index (χ3n) is 16.3. The van der Waals surface area contributed by atoms with Crippen molar-refractivity contribution < 1.29 is 0 Å². The van der Waals surface area contributed by atoms with Gasteiger partial charge in [-0.1, -0.05) is 242 Å². The topological polar surface area (TPSA) is 13.0 Å². The molecule has 0 aliphatic heterocycles. The number of anilines is 12. The van der Waals surface area contributed by atoms with Crippen molar-refractivity contribution in [2.75, 3.05) is 19.6 Å². The first-order chi connectivity index (χ1) is 44.5. The fraction of sp³-hybridized carbons (Fsp3) is 0.0233. The van der Waals surface area contributed by atoms with Crippen molar-refractivity contribution in [3.05, 3.63) is 387 Å². The van der Waals surface area contributed by atoms with Gasteiger partial charge in [0.2, 0.25) is 0 Å². The predicted octanol–water partition coefficient (Wildman–Crippen LogP) is 24.5. The Morgan fingerprint density at radius 2 is 0.300 bits per heavy atom. The zero-order valence-electron chi connectivity index (χ0n) is 50.6. The van der Waals surface area contributed by atoms with Crippen LogP contribution in [-0.2, 0) is 0 Å². The van der Waals surface area contributed by atoms with Crippen molar-refractivity contribution in [2.45, 2.75) is 13.8 Å². The van der Waals surface area contributed by atoms with Gasteiger partial charge in [0.05, 0.1) is 0 Å². The van der Waals surface area contributed by atoms with Gasteiger partial charge in [0.15, 0.2) is 0 Å².